The monoisotopic (exact) mass is 280 g/mol. The number of benzene rings is 2. The van der Waals surface area contributed by atoms with Gasteiger partial charge < -0.3 is 15.9 Å². The van der Waals surface area contributed by atoms with Crippen LogP contribution in [-0.2, 0) is 10.0 Å². The fourth-order valence-corrected chi connectivity index (χ4v) is 2.56. The standard InChI is InChI=1S/C12H12N2O4S/c13-8-2-1-3-9(6-8)14-19(17,18)10-4-5-11(15)12(16)7-10/h1-7,14-16H,13H2. The highest BCUT2D eigenvalue weighted by molar-refractivity contribution is 7.92. The average Bonchev–Trinajstić information content (AvgIpc) is 2.32. The Bertz CT molecular complexity index is 713. The molecule has 2 rings (SSSR count). The predicted molar refractivity (Wildman–Crippen MR) is 71.4 cm³/mol. The molecule has 0 unspecified atom stereocenters. The number of hydrogen-bond acceptors (Lipinski definition) is 5. The van der Waals surface area contributed by atoms with Crippen LogP contribution < -0.4 is 10.5 Å². The zero-order valence-corrected chi connectivity index (χ0v) is 10.6. The third-order valence-electron chi connectivity index (χ3n) is 2.40. The average molecular weight is 280 g/mol. The fraction of sp³-hybridized carbons (Fsp3) is 0. The predicted octanol–water partition coefficient (Wildman–Crippen LogP) is 1.48. The first-order chi connectivity index (χ1) is 8.88. The highest BCUT2D eigenvalue weighted by Gasteiger charge is 2.16. The lowest BCUT2D eigenvalue weighted by Crippen LogP contribution is -2.12. The minimum Gasteiger partial charge on any atom is -0.504 e. The van der Waals surface area contributed by atoms with Gasteiger partial charge in [0.25, 0.3) is 10.0 Å². The molecule has 7 heteroatoms. The Kier molecular flexibility index (Phi) is 3.22. The summed E-state index contributed by atoms with van der Waals surface area (Å²) in [5.41, 5.74) is 6.29. The van der Waals surface area contributed by atoms with Gasteiger partial charge in [0.2, 0.25) is 0 Å². The maximum Gasteiger partial charge on any atom is 0.262 e. The van der Waals surface area contributed by atoms with E-state index in [1.807, 2.05) is 0 Å². The number of anilines is 2. The van der Waals surface area contributed by atoms with Gasteiger partial charge in [-0.15, -0.1) is 0 Å². The van der Waals surface area contributed by atoms with Crippen LogP contribution in [0.15, 0.2) is 47.4 Å². The summed E-state index contributed by atoms with van der Waals surface area (Å²) in [6.07, 6.45) is 0. The van der Waals surface area contributed by atoms with Crippen LogP contribution in [0.2, 0.25) is 0 Å². The van der Waals surface area contributed by atoms with Gasteiger partial charge in [0.05, 0.1) is 10.6 Å². The van der Waals surface area contributed by atoms with Crippen LogP contribution in [0.4, 0.5) is 11.4 Å². The van der Waals surface area contributed by atoms with Crippen molar-refractivity contribution in [2.75, 3.05) is 10.5 Å². The Morgan fingerprint density at radius 1 is 1.00 bits per heavy atom. The van der Waals surface area contributed by atoms with Gasteiger partial charge in [-0.2, -0.15) is 0 Å². The number of sulfonamides is 1. The molecule has 5 N–H and O–H groups in total. The third kappa shape index (κ3) is 2.89. The zero-order chi connectivity index (χ0) is 14.0. The molecule has 0 aliphatic carbocycles. The molecule has 0 atom stereocenters. The zero-order valence-electron chi connectivity index (χ0n) is 9.74. The van der Waals surface area contributed by atoms with E-state index < -0.39 is 15.8 Å². The quantitative estimate of drug-likeness (QED) is 0.502. The van der Waals surface area contributed by atoms with E-state index in [0.717, 1.165) is 12.1 Å². The first kappa shape index (κ1) is 13.0. The largest absolute Gasteiger partial charge is 0.504 e. The first-order valence-corrected chi connectivity index (χ1v) is 6.77. The van der Waals surface area contributed by atoms with Gasteiger partial charge in [-0.1, -0.05) is 6.07 Å². The Balaban J connectivity index is 2.35. The molecule has 0 aliphatic rings. The van der Waals surface area contributed by atoms with Crippen LogP contribution in [0.5, 0.6) is 11.5 Å². The van der Waals surface area contributed by atoms with Gasteiger partial charge in [-0.25, -0.2) is 8.42 Å². The lowest BCUT2D eigenvalue weighted by molar-refractivity contribution is 0.402. The van der Waals surface area contributed by atoms with Gasteiger partial charge in [0, 0.05) is 11.8 Å². The minimum atomic E-state index is -3.85. The van der Waals surface area contributed by atoms with Gasteiger partial charge >= 0.3 is 0 Å². The summed E-state index contributed by atoms with van der Waals surface area (Å²) < 4.78 is 26.4. The third-order valence-corrected chi connectivity index (χ3v) is 3.77. The van der Waals surface area contributed by atoms with Crippen molar-refractivity contribution < 1.29 is 18.6 Å². The molecular weight excluding hydrogens is 268 g/mol. The molecule has 2 aromatic carbocycles. The van der Waals surface area contributed by atoms with Crippen LogP contribution in [0.25, 0.3) is 0 Å². The van der Waals surface area contributed by atoms with Crippen molar-refractivity contribution in [1.82, 2.24) is 0 Å². The molecule has 0 radical (unpaired) electrons. The fourth-order valence-electron chi connectivity index (χ4n) is 1.49. The minimum absolute atomic E-state index is 0.162. The van der Waals surface area contributed by atoms with Crippen molar-refractivity contribution in [3.63, 3.8) is 0 Å². The van der Waals surface area contributed by atoms with Crippen LogP contribution in [0.1, 0.15) is 0 Å². The molecule has 0 saturated heterocycles. The number of nitrogens with two attached hydrogens (primary N) is 1. The molecule has 0 aromatic heterocycles. The van der Waals surface area contributed by atoms with Crippen molar-refractivity contribution in [2.24, 2.45) is 0 Å². The Hall–Kier alpha value is -2.41. The number of phenolic OH excluding ortho intramolecular Hbond substituents is 2. The van der Waals surface area contributed by atoms with Crippen molar-refractivity contribution in [3.8, 4) is 11.5 Å². The molecule has 100 valence electrons. The van der Waals surface area contributed by atoms with Crippen LogP contribution in [0.3, 0.4) is 0 Å². The van der Waals surface area contributed by atoms with Crippen LogP contribution in [-0.4, -0.2) is 18.6 Å². The highest BCUT2D eigenvalue weighted by atomic mass is 32.2. The lowest BCUT2D eigenvalue weighted by atomic mass is 10.3. The summed E-state index contributed by atoms with van der Waals surface area (Å²) in [6, 6.07) is 9.51. The van der Waals surface area contributed by atoms with E-state index in [2.05, 4.69) is 4.72 Å². The molecular formula is C12H12N2O4S. The van der Waals surface area contributed by atoms with Gasteiger partial charge in [0.1, 0.15) is 0 Å². The normalized spacial score (nSPS) is 11.2. The van der Waals surface area contributed by atoms with Crippen LogP contribution in [0, 0.1) is 0 Å². The molecule has 6 nitrogen and oxygen atoms in total. The molecule has 0 fully saturated rings. The van der Waals surface area contributed by atoms with Crippen LogP contribution >= 0.6 is 0 Å². The SMILES string of the molecule is Nc1cccc(NS(=O)(=O)c2ccc(O)c(O)c2)c1. The molecule has 19 heavy (non-hydrogen) atoms. The second-order valence-electron chi connectivity index (χ2n) is 3.88. The van der Waals surface area contributed by atoms with E-state index in [4.69, 9.17) is 10.8 Å². The number of rotatable bonds is 3. The second kappa shape index (κ2) is 4.69. The van der Waals surface area contributed by atoms with E-state index in [1.54, 1.807) is 18.2 Å². The maximum absolute atomic E-state index is 12.0. The molecule has 0 bridgehead atoms. The highest BCUT2D eigenvalue weighted by Crippen LogP contribution is 2.28. The van der Waals surface area contributed by atoms with E-state index in [9.17, 15) is 13.5 Å². The number of phenols is 2. The summed E-state index contributed by atoms with van der Waals surface area (Å²) in [5, 5.41) is 18.5. The second-order valence-corrected chi connectivity index (χ2v) is 5.56. The van der Waals surface area contributed by atoms with E-state index >= 15 is 0 Å². The number of aromatic hydroxyl groups is 2. The Morgan fingerprint density at radius 2 is 1.74 bits per heavy atom. The van der Waals surface area contributed by atoms with Crippen molar-refractivity contribution in [2.45, 2.75) is 4.90 Å². The summed E-state index contributed by atoms with van der Waals surface area (Å²) in [5.74, 6) is -0.890. The molecule has 2 aromatic rings. The van der Waals surface area contributed by atoms with Crippen molar-refractivity contribution in [1.29, 1.82) is 0 Å². The number of nitrogens with one attached hydrogen (secondary N) is 1. The number of hydrogen-bond donors (Lipinski definition) is 4. The molecule has 0 saturated carbocycles. The van der Waals surface area contributed by atoms with E-state index in [1.165, 1.54) is 12.1 Å². The molecule has 0 aliphatic heterocycles. The Morgan fingerprint density at radius 3 is 2.37 bits per heavy atom. The first-order valence-electron chi connectivity index (χ1n) is 5.29. The summed E-state index contributed by atoms with van der Waals surface area (Å²) in [4.78, 5) is -0.162. The summed E-state index contributed by atoms with van der Waals surface area (Å²) in [6.45, 7) is 0. The summed E-state index contributed by atoms with van der Waals surface area (Å²) >= 11 is 0. The van der Waals surface area contributed by atoms with Crippen molar-refractivity contribution in [3.05, 3.63) is 42.5 Å². The maximum atomic E-state index is 12.0. The van der Waals surface area contributed by atoms with Gasteiger partial charge in [0.15, 0.2) is 11.5 Å². The molecule has 0 spiro atoms. The van der Waals surface area contributed by atoms with Gasteiger partial charge in [-0.3, -0.25) is 4.72 Å². The smallest absolute Gasteiger partial charge is 0.262 e. The molecule has 0 heterocycles. The number of nitrogen functional groups attached to an aromatic ring is 1. The topological polar surface area (TPSA) is 113 Å². The molecule has 0 amide bonds. The Labute approximate surface area is 110 Å². The van der Waals surface area contributed by atoms with E-state index in [-0.39, 0.29) is 10.6 Å². The van der Waals surface area contributed by atoms with Crippen molar-refractivity contribution >= 4 is 21.4 Å². The van der Waals surface area contributed by atoms with Gasteiger partial charge in [-0.05, 0) is 30.3 Å². The summed E-state index contributed by atoms with van der Waals surface area (Å²) in [7, 11) is -3.85. The lowest BCUT2D eigenvalue weighted by Gasteiger charge is -2.09. The van der Waals surface area contributed by atoms with E-state index in [0.29, 0.717) is 11.4 Å².